The smallest absolute Gasteiger partial charge is 0.406 e. The quantitative estimate of drug-likeness (QED) is 0.197. The molecule has 6 rings (SSSR count). The molecule has 11 heteroatoms. The van der Waals surface area contributed by atoms with Gasteiger partial charge in [0, 0.05) is 25.4 Å². The Morgan fingerprint density at radius 2 is 1.55 bits per heavy atom. The van der Waals surface area contributed by atoms with E-state index in [0.717, 1.165) is 30.4 Å². The average molecular weight is 575 g/mol. The number of aromatic nitrogens is 4. The van der Waals surface area contributed by atoms with Crippen molar-refractivity contribution in [3.8, 4) is 5.75 Å². The minimum Gasteiger partial charge on any atom is -0.406 e. The van der Waals surface area contributed by atoms with Gasteiger partial charge in [0.2, 0.25) is 5.95 Å². The van der Waals surface area contributed by atoms with E-state index in [1.54, 1.807) is 6.33 Å². The van der Waals surface area contributed by atoms with Crippen molar-refractivity contribution in [2.24, 2.45) is 0 Å². The molecule has 3 aromatic carbocycles. The fraction of sp³-hybridized carbons (Fsp3) is 0.258. The molecule has 5 aromatic rings. The predicted octanol–water partition coefficient (Wildman–Crippen LogP) is 7.37. The highest BCUT2D eigenvalue weighted by molar-refractivity contribution is 5.85. The molecular weight excluding hydrogens is 545 g/mol. The van der Waals surface area contributed by atoms with Crippen LogP contribution >= 0.6 is 0 Å². The Labute approximate surface area is 240 Å². The topological polar surface area (TPSA) is 77.3 Å². The lowest BCUT2D eigenvalue weighted by Gasteiger charge is -2.26. The third kappa shape index (κ3) is 6.63. The molecule has 0 bridgehead atoms. The van der Waals surface area contributed by atoms with E-state index in [1.165, 1.54) is 24.3 Å². The first kappa shape index (κ1) is 27.5. The van der Waals surface area contributed by atoms with Crippen LogP contribution in [-0.2, 0) is 17.8 Å². The lowest BCUT2D eigenvalue weighted by molar-refractivity contribution is -0.274. The first-order chi connectivity index (χ1) is 20.4. The van der Waals surface area contributed by atoms with Crippen molar-refractivity contribution in [2.45, 2.75) is 44.9 Å². The molecule has 1 atom stereocenters. The van der Waals surface area contributed by atoms with E-state index in [2.05, 4.69) is 39.2 Å². The van der Waals surface area contributed by atoms with E-state index in [0.29, 0.717) is 42.4 Å². The summed E-state index contributed by atoms with van der Waals surface area (Å²) in [6.45, 7) is 1.79. The first-order valence-corrected chi connectivity index (χ1v) is 13.7. The molecule has 1 N–H and O–H groups in total. The number of hydrogen-bond acceptors (Lipinski definition) is 7. The van der Waals surface area contributed by atoms with Crippen molar-refractivity contribution in [1.29, 1.82) is 0 Å². The van der Waals surface area contributed by atoms with Crippen LogP contribution in [0.25, 0.3) is 11.2 Å². The Kier molecular flexibility index (Phi) is 7.91. The number of ether oxygens (including phenoxy) is 2. The molecule has 0 amide bonds. The molecule has 8 nitrogen and oxygen atoms in total. The van der Waals surface area contributed by atoms with Gasteiger partial charge in [0.1, 0.15) is 12.0 Å². The zero-order valence-corrected chi connectivity index (χ0v) is 22.7. The van der Waals surface area contributed by atoms with Crippen LogP contribution in [-0.4, -0.2) is 32.5 Å². The number of fused-ring (bicyclic) bond motifs is 1. The van der Waals surface area contributed by atoms with Gasteiger partial charge < -0.3 is 19.7 Å². The molecule has 1 aliphatic heterocycles. The van der Waals surface area contributed by atoms with Gasteiger partial charge in [0.05, 0.1) is 6.33 Å². The summed E-state index contributed by atoms with van der Waals surface area (Å²) in [6, 6.07) is 25.7. The van der Waals surface area contributed by atoms with Gasteiger partial charge in [0.15, 0.2) is 17.0 Å². The van der Waals surface area contributed by atoms with E-state index in [1.807, 2.05) is 41.0 Å². The van der Waals surface area contributed by atoms with E-state index >= 15 is 0 Å². The van der Waals surface area contributed by atoms with Crippen LogP contribution < -0.4 is 15.0 Å². The number of benzene rings is 3. The number of alkyl halides is 3. The van der Waals surface area contributed by atoms with E-state index in [4.69, 9.17) is 19.7 Å². The van der Waals surface area contributed by atoms with Gasteiger partial charge in [-0.25, -0.2) is 4.98 Å². The predicted molar refractivity (Wildman–Crippen MR) is 153 cm³/mol. The summed E-state index contributed by atoms with van der Waals surface area (Å²) < 4.78 is 50.0. The number of halogens is 3. The summed E-state index contributed by atoms with van der Waals surface area (Å²) in [4.78, 5) is 16.6. The molecule has 0 spiro atoms. The zero-order valence-electron chi connectivity index (χ0n) is 22.7. The third-order valence-electron chi connectivity index (χ3n) is 6.95. The number of anilines is 3. The lowest BCUT2D eigenvalue weighted by Crippen LogP contribution is -2.24. The lowest BCUT2D eigenvalue weighted by atomic mass is 10.1. The molecule has 1 fully saturated rings. The number of imidazole rings is 1. The molecular formula is C31H29F3N6O2. The van der Waals surface area contributed by atoms with Gasteiger partial charge in [-0.05, 0) is 54.7 Å². The minimum absolute atomic E-state index is 0.199. The molecule has 42 heavy (non-hydrogen) atoms. The fourth-order valence-electron chi connectivity index (χ4n) is 5.01. The van der Waals surface area contributed by atoms with Crippen molar-refractivity contribution in [1.82, 2.24) is 19.5 Å². The van der Waals surface area contributed by atoms with E-state index < -0.39 is 6.36 Å². The van der Waals surface area contributed by atoms with Crippen molar-refractivity contribution >= 4 is 28.6 Å². The van der Waals surface area contributed by atoms with Crippen LogP contribution in [0.2, 0.25) is 0 Å². The second-order valence-corrected chi connectivity index (χ2v) is 10.0. The minimum atomic E-state index is -4.77. The molecule has 0 radical (unpaired) electrons. The molecule has 0 saturated carbocycles. The Morgan fingerprint density at radius 3 is 2.14 bits per heavy atom. The normalized spacial score (nSPS) is 15.5. The average Bonchev–Trinajstić information content (AvgIpc) is 3.42. The van der Waals surface area contributed by atoms with Crippen LogP contribution in [0.1, 0.15) is 36.6 Å². The van der Waals surface area contributed by atoms with E-state index in [-0.39, 0.29) is 17.9 Å². The molecule has 1 aliphatic rings. The summed E-state index contributed by atoms with van der Waals surface area (Å²) in [6.07, 6.45) is -0.338. The molecule has 0 aliphatic carbocycles. The van der Waals surface area contributed by atoms with Crippen LogP contribution in [0.3, 0.4) is 0 Å². The van der Waals surface area contributed by atoms with Gasteiger partial charge in [0.25, 0.3) is 0 Å². The van der Waals surface area contributed by atoms with Crippen LogP contribution in [0.15, 0.2) is 91.3 Å². The van der Waals surface area contributed by atoms with Crippen LogP contribution in [0.5, 0.6) is 5.75 Å². The van der Waals surface area contributed by atoms with Crippen LogP contribution in [0.4, 0.5) is 30.6 Å². The second kappa shape index (κ2) is 12.1. The third-order valence-corrected chi connectivity index (χ3v) is 6.95. The maximum Gasteiger partial charge on any atom is 0.573 e. The highest BCUT2D eigenvalue weighted by Gasteiger charge is 2.31. The second-order valence-electron chi connectivity index (χ2n) is 10.0. The fourth-order valence-corrected chi connectivity index (χ4v) is 5.01. The van der Waals surface area contributed by atoms with Gasteiger partial charge in [-0.1, -0.05) is 60.7 Å². The maximum atomic E-state index is 12.6. The summed E-state index contributed by atoms with van der Waals surface area (Å²) in [5.41, 5.74) is 3.95. The van der Waals surface area contributed by atoms with Crippen molar-refractivity contribution in [3.05, 3.63) is 102 Å². The Bertz CT molecular complexity index is 1560. The van der Waals surface area contributed by atoms with Gasteiger partial charge in [-0.3, -0.25) is 4.57 Å². The van der Waals surface area contributed by atoms with Crippen molar-refractivity contribution in [2.75, 3.05) is 16.8 Å². The summed E-state index contributed by atoms with van der Waals surface area (Å²) in [5.74, 6) is 0.599. The molecule has 216 valence electrons. The highest BCUT2D eigenvalue weighted by Crippen LogP contribution is 2.32. The van der Waals surface area contributed by atoms with Gasteiger partial charge in [-0.15, -0.1) is 13.2 Å². The molecule has 1 unspecified atom stereocenters. The standard InChI is InChI=1S/C31H29F3N6O2/c32-31(33,34)42-25-16-14-24(15-17-25)36-30-37-28(27-29(38-30)40(21-35-27)26-13-7-8-18-41-26)39(19-22-9-3-1-4-10-22)20-23-11-5-2-6-12-23/h1-6,9-12,14-17,21,26H,7-8,13,18-20H2,(H,36,37,38). The summed E-state index contributed by atoms with van der Waals surface area (Å²) in [5, 5.41) is 3.16. The van der Waals surface area contributed by atoms with Gasteiger partial charge >= 0.3 is 6.36 Å². The number of rotatable bonds is 9. The summed E-state index contributed by atoms with van der Waals surface area (Å²) in [7, 11) is 0. The Morgan fingerprint density at radius 1 is 0.881 bits per heavy atom. The maximum absolute atomic E-state index is 12.6. The largest absolute Gasteiger partial charge is 0.573 e. The number of hydrogen-bond donors (Lipinski definition) is 1. The van der Waals surface area contributed by atoms with E-state index in [9.17, 15) is 13.2 Å². The Hall–Kier alpha value is -4.64. The zero-order chi connectivity index (χ0) is 28.9. The SMILES string of the molecule is FC(F)(F)Oc1ccc(Nc2nc(N(Cc3ccccc3)Cc3ccccc3)c3ncn(C4CCCCO4)c3n2)cc1. The monoisotopic (exact) mass is 574 g/mol. The molecule has 2 aromatic heterocycles. The Balaban J connectivity index is 1.41. The molecule has 1 saturated heterocycles. The number of nitrogens with zero attached hydrogens (tertiary/aromatic N) is 5. The van der Waals surface area contributed by atoms with Gasteiger partial charge in [-0.2, -0.15) is 9.97 Å². The first-order valence-electron chi connectivity index (χ1n) is 13.7. The van der Waals surface area contributed by atoms with Crippen molar-refractivity contribution < 1.29 is 22.6 Å². The molecule has 3 heterocycles. The summed E-state index contributed by atoms with van der Waals surface area (Å²) >= 11 is 0. The number of nitrogens with one attached hydrogen (secondary N) is 1. The van der Waals surface area contributed by atoms with Crippen LogP contribution in [0, 0.1) is 0 Å². The van der Waals surface area contributed by atoms with Crippen molar-refractivity contribution in [3.63, 3.8) is 0 Å². The highest BCUT2D eigenvalue weighted by atomic mass is 19.4.